The third kappa shape index (κ3) is 4.15. The highest BCUT2D eigenvalue weighted by Crippen LogP contribution is 2.39. The molecule has 0 amide bonds. The van der Waals surface area contributed by atoms with Crippen molar-refractivity contribution >= 4 is 29.0 Å². The lowest BCUT2D eigenvalue weighted by molar-refractivity contribution is -0.136. The van der Waals surface area contributed by atoms with Gasteiger partial charge in [0.25, 0.3) is 0 Å². The average Bonchev–Trinajstić information content (AvgIpc) is 2.78. The smallest absolute Gasteiger partial charge is 0.407 e. The first kappa shape index (κ1) is 21.0. The van der Waals surface area contributed by atoms with Crippen molar-refractivity contribution in [3.05, 3.63) is 76.7 Å². The van der Waals surface area contributed by atoms with Crippen molar-refractivity contribution in [1.29, 1.82) is 0 Å². The Bertz CT molecular complexity index is 1220. The number of hydrogen-bond donors (Lipinski definition) is 2. The first-order valence-electron chi connectivity index (χ1n) is 9.39. The van der Waals surface area contributed by atoms with Crippen LogP contribution < -0.4 is 10.2 Å². The van der Waals surface area contributed by atoms with Gasteiger partial charge in [-0.2, -0.15) is 13.2 Å². The fourth-order valence-corrected chi connectivity index (χ4v) is 3.44. The number of anilines is 3. The summed E-state index contributed by atoms with van der Waals surface area (Å²) in [5.74, 6) is -0.172. The summed E-state index contributed by atoms with van der Waals surface area (Å²) >= 11 is 0. The van der Waals surface area contributed by atoms with Gasteiger partial charge in [-0.25, -0.2) is 24.6 Å². The van der Waals surface area contributed by atoms with Crippen LogP contribution in [0.4, 0.5) is 36.2 Å². The van der Waals surface area contributed by atoms with E-state index in [0.717, 1.165) is 11.6 Å². The third-order valence-corrected chi connectivity index (χ3v) is 5.03. The van der Waals surface area contributed by atoms with Crippen LogP contribution in [0.2, 0.25) is 0 Å². The number of carboxylic acids is 1. The number of carboxylic acid groups (broad SMARTS) is 1. The van der Waals surface area contributed by atoms with Crippen LogP contribution in [0, 0.1) is 6.57 Å². The number of benzene rings is 1. The molecule has 4 rings (SSSR count). The van der Waals surface area contributed by atoms with Crippen LogP contribution in [0.25, 0.3) is 4.85 Å². The second kappa shape index (κ2) is 8.14. The van der Waals surface area contributed by atoms with E-state index < -0.39 is 23.4 Å². The zero-order valence-corrected chi connectivity index (χ0v) is 16.4. The van der Waals surface area contributed by atoms with Gasteiger partial charge in [0.15, 0.2) is 5.69 Å². The molecule has 11 heteroatoms. The van der Waals surface area contributed by atoms with E-state index in [1.807, 2.05) is 0 Å². The summed E-state index contributed by atoms with van der Waals surface area (Å²) < 4.78 is 40.0. The van der Waals surface area contributed by atoms with Crippen molar-refractivity contribution in [1.82, 2.24) is 15.0 Å². The van der Waals surface area contributed by atoms with Crippen molar-refractivity contribution < 1.29 is 23.1 Å². The summed E-state index contributed by atoms with van der Waals surface area (Å²) in [6.07, 6.45) is -1.58. The van der Waals surface area contributed by atoms with Crippen molar-refractivity contribution in [3.8, 4) is 0 Å². The molecule has 1 aliphatic heterocycles. The first-order valence-corrected chi connectivity index (χ1v) is 9.39. The number of nitrogens with one attached hydrogen (secondary N) is 1. The number of fused-ring (bicyclic) bond motifs is 1. The van der Waals surface area contributed by atoms with Gasteiger partial charge in [-0.05, 0) is 30.7 Å². The standard InChI is InChI=1S/C21H15F3N6O2/c1-25-16-4-3-13(8-15(16)21(22,23)24)30-7-6-14-17(10-30)27-11-28-19(14)29-18-5-2-12(9-26-18)20(31)32/h2-5,8-9,11H,6-7,10H2,(H,31,32)(H,26,27,28,29). The number of hydrogen-bond acceptors (Lipinski definition) is 6. The van der Waals surface area contributed by atoms with E-state index in [2.05, 4.69) is 25.1 Å². The Balaban J connectivity index is 1.58. The summed E-state index contributed by atoms with van der Waals surface area (Å²) in [4.78, 5) is 28.3. The molecule has 0 atom stereocenters. The molecule has 0 saturated heterocycles. The van der Waals surface area contributed by atoms with Crippen molar-refractivity contribution in [2.24, 2.45) is 0 Å². The Hall–Kier alpha value is -4.20. The van der Waals surface area contributed by atoms with Crippen molar-refractivity contribution in [2.45, 2.75) is 19.1 Å². The van der Waals surface area contributed by atoms with Gasteiger partial charge in [0.1, 0.15) is 18.0 Å². The molecule has 0 fully saturated rings. The number of carbonyl (C=O) groups is 1. The fraction of sp³-hybridized carbons (Fsp3) is 0.190. The number of pyridine rings is 1. The molecule has 3 heterocycles. The van der Waals surface area contributed by atoms with Crippen molar-refractivity contribution in [3.63, 3.8) is 0 Å². The van der Waals surface area contributed by atoms with Gasteiger partial charge in [0.2, 0.25) is 0 Å². The fourth-order valence-electron chi connectivity index (χ4n) is 3.44. The van der Waals surface area contributed by atoms with E-state index >= 15 is 0 Å². The third-order valence-electron chi connectivity index (χ3n) is 5.03. The van der Waals surface area contributed by atoms with Gasteiger partial charge in [-0.15, -0.1) is 0 Å². The molecule has 2 N–H and O–H groups in total. The number of alkyl halides is 3. The minimum atomic E-state index is -4.62. The van der Waals surface area contributed by atoms with Crippen LogP contribution in [0.3, 0.4) is 0 Å². The summed E-state index contributed by atoms with van der Waals surface area (Å²) in [5, 5.41) is 12.0. The average molecular weight is 440 g/mol. The second-order valence-corrected chi connectivity index (χ2v) is 6.99. The van der Waals surface area contributed by atoms with Gasteiger partial charge in [-0.1, -0.05) is 6.07 Å². The highest BCUT2D eigenvalue weighted by Gasteiger charge is 2.34. The quantitative estimate of drug-likeness (QED) is 0.579. The number of aromatic carboxylic acids is 1. The molecule has 32 heavy (non-hydrogen) atoms. The molecular weight excluding hydrogens is 425 g/mol. The molecule has 3 aromatic rings. The zero-order valence-electron chi connectivity index (χ0n) is 16.4. The molecule has 0 unspecified atom stereocenters. The minimum Gasteiger partial charge on any atom is -0.478 e. The van der Waals surface area contributed by atoms with Gasteiger partial charge >= 0.3 is 12.1 Å². The van der Waals surface area contributed by atoms with Crippen LogP contribution in [0.15, 0.2) is 42.9 Å². The Kier molecular flexibility index (Phi) is 5.36. The normalized spacial score (nSPS) is 13.2. The maximum absolute atomic E-state index is 13.3. The molecule has 1 aromatic carbocycles. The van der Waals surface area contributed by atoms with Crippen LogP contribution >= 0.6 is 0 Å². The van der Waals surface area contributed by atoms with E-state index in [4.69, 9.17) is 11.7 Å². The predicted molar refractivity (Wildman–Crippen MR) is 109 cm³/mol. The topological polar surface area (TPSA) is 95.6 Å². The lowest BCUT2D eigenvalue weighted by atomic mass is 10.0. The van der Waals surface area contributed by atoms with Crippen LogP contribution in [0.5, 0.6) is 0 Å². The number of nitrogens with zero attached hydrogens (tertiary/aromatic N) is 5. The van der Waals surface area contributed by atoms with E-state index in [1.54, 1.807) is 4.90 Å². The molecule has 162 valence electrons. The van der Waals surface area contributed by atoms with E-state index in [-0.39, 0.29) is 12.1 Å². The Morgan fingerprint density at radius 1 is 1.19 bits per heavy atom. The maximum Gasteiger partial charge on any atom is 0.407 e. The molecular formula is C21H15F3N6O2. The second-order valence-electron chi connectivity index (χ2n) is 6.99. The van der Waals surface area contributed by atoms with Gasteiger partial charge in [0, 0.05) is 24.0 Å². The number of halogens is 3. The maximum atomic E-state index is 13.3. The van der Waals surface area contributed by atoms with Gasteiger partial charge in [0.05, 0.1) is 29.9 Å². The van der Waals surface area contributed by atoms with Crippen LogP contribution in [-0.4, -0.2) is 32.6 Å². The number of aromatic nitrogens is 3. The summed E-state index contributed by atoms with van der Waals surface area (Å²) in [6, 6.07) is 6.61. The molecule has 1 aliphatic rings. The molecule has 0 radical (unpaired) electrons. The summed E-state index contributed by atoms with van der Waals surface area (Å²) in [6.45, 7) is 7.67. The Labute approximate surface area is 180 Å². The van der Waals surface area contributed by atoms with E-state index in [9.17, 15) is 18.0 Å². The van der Waals surface area contributed by atoms with Gasteiger partial charge < -0.3 is 15.3 Å². The molecule has 0 bridgehead atoms. The molecule has 0 aliphatic carbocycles. The largest absolute Gasteiger partial charge is 0.478 e. The van der Waals surface area contributed by atoms with Crippen molar-refractivity contribution in [2.75, 3.05) is 16.8 Å². The minimum absolute atomic E-state index is 0.0540. The number of rotatable bonds is 4. The summed E-state index contributed by atoms with van der Waals surface area (Å²) in [5.41, 5.74) is 0.471. The Morgan fingerprint density at radius 2 is 2.00 bits per heavy atom. The van der Waals surface area contributed by atoms with E-state index in [0.29, 0.717) is 36.0 Å². The highest BCUT2D eigenvalue weighted by molar-refractivity contribution is 5.87. The Morgan fingerprint density at radius 3 is 2.66 bits per heavy atom. The SMILES string of the molecule is [C-]#[N+]c1ccc(N2CCc3c(ncnc3Nc3ccc(C(=O)O)cn3)C2)cc1C(F)(F)F. The van der Waals surface area contributed by atoms with Gasteiger partial charge in [-0.3, -0.25) is 0 Å². The molecule has 2 aromatic heterocycles. The van der Waals surface area contributed by atoms with Crippen LogP contribution in [-0.2, 0) is 19.1 Å². The molecule has 0 saturated carbocycles. The first-order chi connectivity index (χ1) is 15.3. The summed E-state index contributed by atoms with van der Waals surface area (Å²) in [7, 11) is 0. The monoisotopic (exact) mass is 440 g/mol. The lowest BCUT2D eigenvalue weighted by Crippen LogP contribution is -2.32. The predicted octanol–water partition coefficient (Wildman–Crippen LogP) is 4.45. The highest BCUT2D eigenvalue weighted by atomic mass is 19.4. The molecule has 8 nitrogen and oxygen atoms in total. The van der Waals surface area contributed by atoms with E-state index in [1.165, 1.54) is 36.8 Å². The lowest BCUT2D eigenvalue weighted by Gasteiger charge is -2.31. The zero-order chi connectivity index (χ0) is 22.9. The van der Waals surface area contributed by atoms with Crippen LogP contribution in [0.1, 0.15) is 27.2 Å². The molecule has 0 spiro atoms.